The number of alkyl halides is 3. The molecule has 1 aromatic rings. The van der Waals surface area contributed by atoms with Crippen molar-refractivity contribution in [3.8, 4) is 0 Å². The monoisotopic (exact) mass is 216 g/mol. The second kappa shape index (κ2) is 3.72. The summed E-state index contributed by atoms with van der Waals surface area (Å²) in [5.41, 5.74) is -0.561. The van der Waals surface area contributed by atoms with Crippen LogP contribution in [0.5, 0.6) is 0 Å². The van der Waals surface area contributed by atoms with Crippen LogP contribution in [-0.2, 0) is 6.18 Å². The standard InChI is InChI=1S/C10H11F3N2/c11-10(12,13)9-8(4-3-5-14-9)15-6-1-2-7-15/h3-5H,1-2,6-7H2. The Morgan fingerprint density at radius 3 is 2.47 bits per heavy atom. The Kier molecular flexibility index (Phi) is 2.54. The van der Waals surface area contributed by atoms with Gasteiger partial charge in [-0.15, -0.1) is 0 Å². The van der Waals surface area contributed by atoms with Crippen LogP contribution in [0.1, 0.15) is 18.5 Å². The molecule has 0 aromatic carbocycles. The topological polar surface area (TPSA) is 16.1 Å². The molecule has 0 N–H and O–H groups in total. The fraction of sp³-hybridized carbons (Fsp3) is 0.500. The van der Waals surface area contributed by atoms with Crippen LogP contribution in [0.15, 0.2) is 18.3 Å². The van der Waals surface area contributed by atoms with Crippen molar-refractivity contribution in [1.29, 1.82) is 0 Å². The molecule has 0 saturated carbocycles. The zero-order chi connectivity index (χ0) is 10.9. The van der Waals surface area contributed by atoms with Gasteiger partial charge in [0.05, 0.1) is 5.69 Å². The van der Waals surface area contributed by atoms with Gasteiger partial charge in [0.15, 0.2) is 5.69 Å². The van der Waals surface area contributed by atoms with E-state index in [4.69, 9.17) is 0 Å². The lowest BCUT2D eigenvalue weighted by molar-refractivity contribution is -0.140. The van der Waals surface area contributed by atoms with Crippen molar-refractivity contribution in [2.75, 3.05) is 18.0 Å². The first-order chi connectivity index (χ1) is 7.09. The molecule has 1 fully saturated rings. The highest BCUT2D eigenvalue weighted by molar-refractivity contribution is 5.52. The van der Waals surface area contributed by atoms with Gasteiger partial charge in [0.25, 0.3) is 0 Å². The van der Waals surface area contributed by atoms with Crippen LogP contribution >= 0.6 is 0 Å². The normalized spacial score (nSPS) is 17.1. The summed E-state index contributed by atoms with van der Waals surface area (Å²) < 4.78 is 37.8. The third-order valence-electron chi connectivity index (χ3n) is 2.50. The molecule has 2 nitrogen and oxygen atoms in total. The van der Waals surface area contributed by atoms with Crippen LogP contribution in [0, 0.1) is 0 Å². The lowest BCUT2D eigenvalue weighted by atomic mass is 10.2. The maximum atomic E-state index is 12.6. The molecule has 1 aromatic heterocycles. The molecule has 1 aliphatic heterocycles. The molecule has 1 aliphatic rings. The molecular weight excluding hydrogens is 205 g/mol. The molecule has 2 rings (SSSR count). The van der Waals surface area contributed by atoms with Crippen molar-refractivity contribution in [3.05, 3.63) is 24.0 Å². The molecule has 5 heteroatoms. The summed E-state index contributed by atoms with van der Waals surface area (Å²) in [4.78, 5) is 5.17. The van der Waals surface area contributed by atoms with E-state index in [2.05, 4.69) is 4.98 Å². The van der Waals surface area contributed by atoms with Crippen molar-refractivity contribution >= 4 is 5.69 Å². The number of aromatic nitrogens is 1. The van der Waals surface area contributed by atoms with Gasteiger partial charge < -0.3 is 4.90 Å². The number of rotatable bonds is 1. The summed E-state index contributed by atoms with van der Waals surface area (Å²) in [7, 11) is 0. The summed E-state index contributed by atoms with van der Waals surface area (Å²) in [6, 6.07) is 3.03. The fourth-order valence-electron chi connectivity index (χ4n) is 1.83. The number of hydrogen-bond donors (Lipinski definition) is 0. The zero-order valence-electron chi connectivity index (χ0n) is 8.09. The Hall–Kier alpha value is -1.26. The third-order valence-corrected chi connectivity index (χ3v) is 2.50. The minimum atomic E-state index is -4.36. The smallest absolute Gasteiger partial charge is 0.370 e. The Morgan fingerprint density at radius 1 is 1.20 bits per heavy atom. The largest absolute Gasteiger partial charge is 0.435 e. The van der Waals surface area contributed by atoms with Crippen molar-refractivity contribution in [1.82, 2.24) is 4.98 Å². The molecule has 0 atom stereocenters. The molecule has 15 heavy (non-hydrogen) atoms. The number of pyridine rings is 1. The number of hydrogen-bond acceptors (Lipinski definition) is 2. The maximum absolute atomic E-state index is 12.6. The Labute approximate surface area is 85.7 Å². The fourth-order valence-corrected chi connectivity index (χ4v) is 1.83. The first-order valence-electron chi connectivity index (χ1n) is 4.86. The summed E-state index contributed by atoms with van der Waals surface area (Å²) in [6.07, 6.45) is -1.28. The van der Waals surface area contributed by atoms with E-state index in [9.17, 15) is 13.2 Å². The number of halogens is 3. The van der Waals surface area contributed by atoms with Crippen LogP contribution in [0.2, 0.25) is 0 Å². The lowest BCUT2D eigenvalue weighted by Gasteiger charge is -2.21. The Morgan fingerprint density at radius 2 is 1.87 bits per heavy atom. The predicted octanol–water partition coefficient (Wildman–Crippen LogP) is 2.70. The van der Waals surface area contributed by atoms with E-state index in [0.717, 1.165) is 12.8 Å². The van der Waals surface area contributed by atoms with Crippen molar-refractivity contribution in [2.24, 2.45) is 0 Å². The maximum Gasteiger partial charge on any atom is 0.435 e. The summed E-state index contributed by atoms with van der Waals surface area (Å²) in [5.74, 6) is 0. The van der Waals surface area contributed by atoms with Crippen LogP contribution in [0.25, 0.3) is 0 Å². The number of anilines is 1. The minimum Gasteiger partial charge on any atom is -0.370 e. The van der Waals surface area contributed by atoms with Crippen LogP contribution in [-0.4, -0.2) is 18.1 Å². The summed E-state index contributed by atoms with van der Waals surface area (Å²) in [6.45, 7) is 1.38. The second-order valence-electron chi connectivity index (χ2n) is 3.56. The molecule has 0 aliphatic carbocycles. The van der Waals surface area contributed by atoms with E-state index in [1.54, 1.807) is 11.0 Å². The van der Waals surface area contributed by atoms with Crippen LogP contribution in [0.3, 0.4) is 0 Å². The minimum absolute atomic E-state index is 0.211. The van der Waals surface area contributed by atoms with Gasteiger partial charge >= 0.3 is 6.18 Å². The molecule has 0 radical (unpaired) electrons. The molecular formula is C10H11F3N2. The van der Waals surface area contributed by atoms with E-state index < -0.39 is 11.9 Å². The van der Waals surface area contributed by atoms with Gasteiger partial charge in [-0.25, -0.2) is 4.98 Å². The van der Waals surface area contributed by atoms with Gasteiger partial charge in [0.2, 0.25) is 0 Å². The molecule has 0 unspecified atom stereocenters. The van der Waals surface area contributed by atoms with Gasteiger partial charge in [-0.05, 0) is 25.0 Å². The Bertz CT molecular complexity index is 343. The summed E-state index contributed by atoms with van der Waals surface area (Å²) in [5, 5.41) is 0. The van der Waals surface area contributed by atoms with E-state index in [1.807, 2.05) is 0 Å². The second-order valence-corrected chi connectivity index (χ2v) is 3.56. The van der Waals surface area contributed by atoms with Gasteiger partial charge in [-0.1, -0.05) is 0 Å². The van der Waals surface area contributed by atoms with Crippen molar-refractivity contribution in [2.45, 2.75) is 19.0 Å². The van der Waals surface area contributed by atoms with Crippen LogP contribution in [0.4, 0.5) is 18.9 Å². The van der Waals surface area contributed by atoms with Crippen LogP contribution < -0.4 is 4.90 Å². The highest BCUT2D eigenvalue weighted by Crippen LogP contribution is 2.35. The van der Waals surface area contributed by atoms with E-state index in [-0.39, 0.29) is 5.69 Å². The quantitative estimate of drug-likeness (QED) is 0.717. The van der Waals surface area contributed by atoms with E-state index >= 15 is 0 Å². The van der Waals surface area contributed by atoms with Crippen molar-refractivity contribution < 1.29 is 13.2 Å². The average molecular weight is 216 g/mol. The van der Waals surface area contributed by atoms with Gasteiger partial charge in [0, 0.05) is 19.3 Å². The predicted molar refractivity (Wildman–Crippen MR) is 50.7 cm³/mol. The van der Waals surface area contributed by atoms with E-state index in [0.29, 0.717) is 13.1 Å². The van der Waals surface area contributed by atoms with Gasteiger partial charge in [-0.3, -0.25) is 0 Å². The lowest BCUT2D eigenvalue weighted by Crippen LogP contribution is -2.22. The molecule has 2 heterocycles. The zero-order valence-corrected chi connectivity index (χ0v) is 8.09. The van der Waals surface area contributed by atoms with Gasteiger partial charge in [0.1, 0.15) is 0 Å². The molecule has 82 valence electrons. The molecule has 1 saturated heterocycles. The highest BCUT2D eigenvalue weighted by atomic mass is 19.4. The Balaban J connectivity index is 2.37. The third kappa shape index (κ3) is 2.06. The molecule has 0 amide bonds. The molecule has 0 bridgehead atoms. The SMILES string of the molecule is FC(F)(F)c1ncccc1N1CCCC1. The van der Waals surface area contributed by atoms with E-state index in [1.165, 1.54) is 12.3 Å². The van der Waals surface area contributed by atoms with Crippen molar-refractivity contribution in [3.63, 3.8) is 0 Å². The van der Waals surface area contributed by atoms with Gasteiger partial charge in [-0.2, -0.15) is 13.2 Å². The summed E-state index contributed by atoms with van der Waals surface area (Å²) >= 11 is 0. The average Bonchev–Trinajstić information content (AvgIpc) is 2.69. The highest BCUT2D eigenvalue weighted by Gasteiger charge is 2.36. The first-order valence-corrected chi connectivity index (χ1v) is 4.86. The molecule has 0 spiro atoms. The number of nitrogens with zero attached hydrogens (tertiary/aromatic N) is 2. The first kappa shape index (κ1) is 10.3.